The molecule has 0 aliphatic heterocycles. The van der Waals surface area contributed by atoms with Gasteiger partial charge in [0.25, 0.3) is 0 Å². The van der Waals surface area contributed by atoms with Crippen molar-refractivity contribution in [2.75, 3.05) is 0 Å². The minimum atomic E-state index is 0.807. The second-order valence-corrected chi connectivity index (χ2v) is 3.24. The Labute approximate surface area is 83.6 Å². The molecule has 2 aromatic rings. The minimum Gasteiger partial charge on any atom is -0.440 e. The van der Waals surface area contributed by atoms with Crippen LogP contribution < -0.4 is 0 Å². The fourth-order valence-electron chi connectivity index (χ4n) is 1.46. The van der Waals surface area contributed by atoms with E-state index in [0.717, 1.165) is 29.3 Å². The Kier molecular flexibility index (Phi) is 2.35. The summed E-state index contributed by atoms with van der Waals surface area (Å²) in [6, 6.07) is 10.1. The highest BCUT2D eigenvalue weighted by Gasteiger charge is 2.09. The Morgan fingerprint density at radius 1 is 1.21 bits per heavy atom. The van der Waals surface area contributed by atoms with Gasteiger partial charge in [-0.3, -0.25) is 0 Å². The van der Waals surface area contributed by atoms with Crippen LogP contribution in [0.1, 0.15) is 18.5 Å². The van der Waals surface area contributed by atoms with Gasteiger partial charge < -0.3 is 4.42 Å². The summed E-state index contributed by atoms with van der Waals surface area (Å²) >= 11 is 0. The molecule has 0 spiro atoms. The van der Waals surface area contributed by atoms with Crippen LogP contribution in [0.25, 0.3) is 11.3 Å². The first-order valence-electron chi connectivity index (χ1n) is 4.83. The van der Waals surface area contributed by atoms with Gasteiger partial charge in [0.1, 0.15) is 0 Å². The maximum atomic E-state index is 5.64. The lowest BCUT2D eigenvalue weighted by Crippen LogP contribution is -1.78. The summed E-state index contributed by atoms with van der Waals surface area (Å²) in [5.74, 6) is 1.70. The molecule has 0 saturated heterocycles. The maximum absolute atomic E-state index is 5.64. The standard InChI is InChI=1S/C12H13NO/c1-3-11-13-9(2)12(14-11)10-7-5-4-6-8-10/h4-8H,3H2,1-2H3. The van der Waals surface area contributed by atoms with Crippen molar-refractivity contribution in [3.63, 3.8) is 0 Å². The molecular formula is C12H13NO. The average molecular weight is 187 g/mol. The molecule has 0 atom stereocenters. The van der Waals surface area contributed by atoms with Crippen LogP contribution in [0.5, 0.6) is 0 Å². The summed E-state index contributed by atoms with van der Waals surface area (Å²) in [7, 11) is 0. The van der Waals surface area contributed by atoms with E-state index in [0.29, 0.717) is 0 Å². The highest BCUT2D eigenvalue weighted by Crippen LogP contribution is 2.23. The summed E-state index contributed by atoms with van der Waals surface area (Å²) in [6.07, 6.45) is 0.841. The predicted molar refractivity (Wildman–Crippen MR) is 56.1 cm³/mol. The molecule has 0 N–H and O–H groups in total. The molecule has 2 rings (SSSR count). The van der Waals surface area contributed by atoms with Crippen molar-refractivity contribution in [1.82, 2.24) is 4.98 Å². The van der Waals surface area contributed by atoms with E-state index in [1.54, 1.807) is 0 Å². The van der Waals surface area contributed by atoms with E-state index in [-0.39, 0.29) is 0 Å². The number of hydrogen-bond acceptors (Lipinski definition) is 2. The lowest BCUT2D eigenvalue weighted by Gasteiger charge is -1.95. The molecule has 1 heterocycles. The van der Waals surface area contributed by atoms with Crippen LogP contribution in [-0.2, 0) is 6.42 Å². The molecule has 0 bridgehead atoms. The fraction of sp³-hybridized carbons (Fsp3) is 0.250. The second-order valence-electron chi connectivity index (χ2n) is 3.24. The van der Waals surface area contributed by atoms with Crippen LogP contribution in [0.2, 0.25) is 0 Å². The normalized spacial score (nSPS) is 10.4. The van der Waals surface area contributed by atoms with Gasteiger partial charge in [-0.25, -0.2) is 4.98 Å². The molecule has 0 aliphatic carbocycles. The van der Waals surface area contributed by atoms with Crippen LogP contribution in [-0.4, -0.2) is 4.98 Å². The summed E-state index contributed by atoms with van der Waals surface area (Å²) < 4.78 is 5.64. The molecule has 0 fully saturated rings. The molecule has 1 aromatic carbocycles. The summed E-state index contributed by atoms with van der Waals surface area (Å²) in [5, 5.41) is 0. The molecule has 0 amide bonds. The van der Waals surface area contributed by atoms with E-state index in [4.69, 9.17) is 4.42 Å². The topological polar surface area (TPSA) is 26.0 Å². The molecule has 1 aromatic heterocycles. The largest absolute Gasteiger partial charge is 0.440 e. The van der Waals surface area contributed by atoms with E-state index in [1.165, 1.54) is 0 Å². The van der Waals surface area contributed by atoms with Crippen molar-refractivity contribution in [2.45, 2.75) is 20.3 Å². The molecular weight excluding hydrogens is 174 g/mol. The quantitative estimate of drug-likeness (QED) is 0.721. The van der Waals surface area contributed by atoms with Gasteiger partial charge in [0.2, 0.25) is 0 Å². The second kappa shape index (κ2) is 3.66. The van der Waals surface area contributed by atoms with Gasteiger partial charge in [-0.1, -0.05) is 37.3 Å². The molecule has 0 aliphatic rings. The van der Waals surface area contributed by atoms with Crippen molar-refractivity contribution in [3.05, 3.63) is 41.9 Å². The van der Waals surface area contributed by atoms with E-state index < -0.39 is 0 Å². The SMILES string of the molecule is CCc1nc(C)c(-c2ccccc2)o1. The Morgan fingerprint density at radius 2 is 1.93 bits per heavy atom. The summed E-state index contributed by atoms with van der Waals surface area (Å²) in [6.45, 7) is 4.02. The monoisotopic (exact) mass is 187 g/mol. The van der Waals surface area contributed by atoms with Crippen molar-refractivity contribution in [1.29, 1.82) is 0 Å². The lowest BCUT2D eigenvalue weighted by molar-refractivity contribution is 0.513. The Balaban J connectivity index is 2.46. The third kappa shape index (κ3) is 1.55. The van der Waals surface area contributed by atoms with Crippen LogP contribution >= 0.6 is 0 Å². The van der Waals surface area contributed by atoms with Crippen LogP contribution in [0.3, 0.4) is 0 Å². The zero-order valence-electron chi connectivity index (χ0n) is 8.45. The van der Waals surface area contributed by atoms with Gasteiger partial charge in [0.05, 0.1) is 5.69 Å². The van der Waals surface area contributed by atoms with Crippen LogP contribution in [0.15, 0.2) is 34.7 Å². The maximum Gasteiger partial charge on any atom is 0.194 e. The third-order valence-corrected chi connectivity index (χ3v) is 2.18. The number of nitrogens with zero attached hydrogens (tertiary/aromatic N) is 1. The van der Waals surface area contributed by atoms with Gasteiger partial charge >= 0.3 is 0 Å². The Bertz CT molecular complexity index is 417. The number of aryl methyl sites for hydroxylation is 2. The minimum absolute atomic E-state index is 0.807. The fourth-order valence-corrected chi connectivity index (χ4v) is 1.46. The number of aromatic nitrogens is 1. The highest BCUT2D eigenvalue weighted by molar-refractivity contribution is 5.59. The van der Waals surface area contributed by atoms with Crippen molar-refractivity contribution in [2.24, 2.45) is 0 Å². The van der Waals surface area contributed by atoms with Gasteiger partial charge in [-0.05, 0) is 6.92 Å². The van der Waals surface area contributed by atoms with Crippen molar-refractivity contribution in [3.8, 4) is 11.3 Å². The van der Waals surface area contributed by atoms with E-state index in [2.05, 4.69) is 4.98 Å². The first-order chi connectivity index (χ1) is 6.81. The molecule has 2 heteroatoms. The van der Waals surface area contributed by atoms with Gasteiger partial charge in [-0.2, -0.15) is 0 Å². The number of oxazole rings is 1. The average Bonchev–Trinajstić information content (AvgIpc) is 2.61. The zero-order chi connectivity index (χ0) is 9.97. The first-order valence-corrected chi connectivity index (χ1v) is 4.83. The number of hydrogen-bond donors (Lipinski definition) is 0. The first kappa shape index (κ1) is 9.00. The molecule has 0 radical (unpaired) electrons. The van der Waals surface area contributed by atoms with Gasteiger partial charge in [-0.15, -0.1) is 0 Å². The van der Waals surface area contributed by atoms with E-state index in [9.17, 15) is 0 Å². The van der Waals surface area contributed by atoms with Crippen LogP contribution in [0.4, 0.5) is 0 Å². The Morgan fingerprint density at radius 3 is 2.50 bits per heavy atom. The molecule has 14 heavy (non-hydrogen) atoms. The molecule has 0 unspecified atom stereocenters. The molecule has 72 valence electrons. The highest BCUT2D eigenvalue weighted by atomic mass is 16.4. The smallest absolute Gasteiger partial charge is 0.194 e. The third-order valence-electron chi connectivity index (χ3n) is 2.18. The van der Waals surface area contributed by atoms with Crippen molar-refractivity contribution >= 4 is 0 Å². The van der Waals surface area contributed by atoms with Crippen molar-refractivity contribution < 1.29 is 4.42 Å². The lowest BCUT2D eigenvalue weighted by atomic mass is 10.1. The molecule has 2 nitrogen and oxygen atoms in total. The van der Waals surface area contributed by atoms with Crippen LogP contribution in [0, 0.1) is 6.92 Å². The van der Waals surface area contributed by atoms with E-state index in [1.807, 2.05) is 44.2 Å². The number of rotatable bonds is 2. The number of benzene rings is 1. The van der Waals surface area contributed by atoms with E-state index >= 15 is 0 Å². The van der Waals surface area contributed by atoms with Gasteiger partial charge in [0.15, 0.2) is 11.7 Å². The molecule has 0 saturated carbocycles. The predicted octanol–water partition coefficient (Wildman–Crippen LogP) is 3.21. The zero-order valence-corrected chi connectivity index (χ0v) is 8.45. The summed E-state index contributed by atoms with van der Waals surface area (Å²) in [5.41, 5.74) is 2.06. The van der Waals surface area contributed by atoms with Gasteiger partial charge in [0, 0.05) is 12.0 Å². The Hall–Kier alpha value is -1.57. The summed E-state index contributed by atoms with van der Waals surface area (Å²) in [4.78, 5) is 4.34.